The Kier molecular flexibility index (Phi) is 6.26. The van der Waals surface area contributed by atoms with Gasteiger partial charge in [0.25, 0.3) is 0 Å². The summed E-state index contributed by atoms with van der Waals surface area (Å²) in [6.07, 6.45) is 8.21. The minimum atomic E-state index is 0.160. The molecule has 0 radical (unpaired) electrons. The predicted octanol–water partition coefficient (Wildman–Crippen LogP) is 2.99. The van der Waals surface area contributed by atoms with Crippen LogP contribution in [0.3, 0.4) is 0 Å². The van der Waals surface area contributed by atoms with Crippen LogP contribution in [-0.4, -0.2) is 24.4 Å². The van der Waals surface area contributed by atoms with E-state index in [9.17, 15) is 0 Å². The fourth-order valence-electron chi connectivity index (χ4n) is 2.47. The van der Waals surface area contributed by atoms with Crippen LogP contribution in [0.5, 0.6) is 0 Å². The van der Waals surface area contributed by atoms with Crippen molar-refractivity contribution < 1.29 is 9.84 Å². The Balaban J connectivity index is 2.29. The number of hydrogen-bond acceptors (Lipinski definition) is 2. The Hall–Kier alpha value is -0.0800. The average molecular weight is 214 g/mol. The molecule has 1 aliphatic carbocycles. The van der Waals surface area contributed by atoms with Crippen molar-refractivity contribution in [3.63, 3.8) is 0 Å². The van der Waals surface area contributed by atoms with Crippen molar-refractivity contribution >= 4 is 0 Å². The lowest BCUT2D eigenvalue weighted by atomic mass is 9.82. The van der Waals surface area contributed by atoms with Gasteiger partial charge in [0.05, 0.1) is 19.3 Å². The van der Waals surface area contributed by atoms with E-state index in [1.807, 2.05) is 0 Å². The fraction of sp³-hybridized carbons (Fsp3) is 1.00. The van der Waals surface area contributed by atoms with E-state index >= 15 is 0 Å². The summed E-state index contributed by atoms with van der Waals surface area (Å²) in [5, 5.41) is 8.78. The van der Waals surface area contributed by atoms with E-state index in [-0.39, 0.29) is 6.61 Å². The number of aliphatic hydroxyl groups excluding tert-OH is 1. The third-order valence-corrected chi connectivity index (χ3v) is 3.38. The molecule has 1 rings (SSSR count). The van der Waals surface area contributed by atoms with Crippen LogP contribution in [0, 0.1) is 11.8 Å². The van der Waals surface area contributed by atoms with Crippen LogP contribution in [0.25, 0.3) is 0 Å². The zero-order valence-corrected chi connectivity index (χ0v) is 10.2. The Morgan fingerprint density at radius 1 is 1.27 bits per heavy atom. The summed E-state index contributed by atoms with van der Waals surface area (Å²) < 4.78 is 5.73. The van der Waals surface area contributed by atoms with Crippen LogP contribution in [0.1, 0.15) is 52.4 Å². The molecule has 1 saturated carbocycles. The summed E-state index contributed by atoms with van der Waals surface area (Å²) in [7, 11) is 0. The summed E-state index contributed by atoms with van der Waals surface area (Å²) in [4.78, 5) is 0. The second-order valence-corrected chi connectivity index (χ2v) is 5.15. The number of aliphatic hydroxyl groups is 1. The van der Waals surface area contributed by atoms with E-state index < -0.39 is 0 Å². The van der Waals surface area contributed by atoms with Crippen LogP contribution >= 0.6 is 0 Å². The first-order valence-electron chi connectivity index (χ1n) is 6.46. The molecule has 0 bridgehead atoms. The summed E-state index contributed by atoms with van der Waals surface area (Å²) in [5.41, 5.74) is 0. The smallest absolute Gasteiger partial charge is 0.0701 e. The normalized spacial score (nSPS) is 27.2. The van der Waals surface area contributed by atoms with Gasteiger partial charge in [-0.3, -0.25) is 0 Å². The van der Waals surface area contributed by atoms with E-state index in [1.54, 1.807) is 0 Å². The molecule has 0 aromatic heterocycles. The first-order valence-corrected chi connectivity index (χ1v) is 6.46. The van der Waals surface area contributed by atoms with E-state index in [1.165, 1.54) is 38.5 Å². The molecular weight excluding hydrogens is 188 g/mol. The largest absolute Gasteiger partial charge is 0.394 e. The van der Waals surface area contributed by atoms with Crippen molar-refractivity contribution in [2.24, 2.45) is 11.8 Å². The number of rotatable bonds is 6. The molecule has 0 aliphatic heterocycles. The van der Waals surface area contributed by atoms with Gasteiger partial charge in [-0.15, -0.1) is 0 Å². The van der Waals surface area contributed by atoms with Crippen molar-refractivity contribution in [2.45, 2.75) is 58.5 Å². The third kappa shape index (κ3) is 4.98. The predicted molar refractivity (Wildman–Crippen MR) is 62.9 cm³/mol. The average Bonchev–Trinajstić information content (AvgIpc) is 2.24. The van der Waals surface area contributed by atoms with Crippen LogP contribution in [0.2, 0.25) is 0 Å². The molecule has 0 unspecified atom stereocenters. The Morgan fingerprint density at radius 2 is 2.00 bits per heavy atom. The molecular formula is C13H26O2. The quantitative estimate of drug-likeness (QED) is 0.736. The van der Waals surface area contributed by atoms with E-state index in [0.717, 1.165) is 11.8 Å². The summed E-state index contributed by atoms with van der Waals surface area (Å²) in [6, 6.07) is 0. The van der Waals surface area contributed by atoms with Crippen LogP contribution in [0.15, 0.2) is 0 Å². The zero-order chi connectivity index (χ0) is 11.1. The van der Waals surface area contributed by atoms with E-state index in [2.05, 4.69) is 13.8 Å². The van der Waals surface area contributed by atoms with Gasteiger partial charge in [0.2, 0.25) is 0 Å². The lowest BCUT2D eigenvalue weighted by Gasteiger charge is -2.31. The standard InChI is InChI=1S/C13H26O2/c1-11(2)7-8-12-5-3-4-6-13(12)15-10-9-14/h11-14H,3-10H2,1-2H3/t12-,13-/m0/s1. The molecule has 0 amide bonds. The highest BCUT2D eigenvalue weighted by Crippen LogP contribution is 2.31. The van der Waals surface area contributed by atoms with Gasteiger partial charge in [-0.05, 0) is 31.1 Å². The lowest BCUT2D eigenvalue weighted by Crippen LogP contribution is -2.29. The highest BCUT2D eigenvalue weighted by molar-refractivity contribution is 4.76. The molecule has 0 saturated heterocycles. The van der Waals surface area contributed by atoms with Gasteiger partial charge in [-0.2, -0.15) is 0 Å². The maximum absolute atomic E-state index is 8.78. The Bertz CT molecular complexity index is 157. The summed E-state index contributed by atoms with van der Waals surface area (Å²) >= 11 is 0. The number of hydrogen-bond donors (Lipinski definition) is 1. The molecule has 15 heavy (non-hydrogen) atoms. The molecule has 2 nitrogen and oxygen atoms in total. The molecule has 0 aromatic carbocycles. The Morgan fingerprint density at radius 3 is 2.67 bits per heavy atom. The zero-order valence-electron chi connectivity index (χ0n) is 10.2. The second kappa shape index (κ2) is 7.24. The molecule has 2 atom stereocenters. The van der Waals surface area contributed by atoms with Gasteiger partial charge in [-0.25, -0.2) is 0 Å². The molecule has 2 heteroatoms. The minimum absolute atomic E-state index is 0.160. The highest BCUT2D eigenvalue weighted by atomic mass is 16.5. The van der Waals surface area contributed by atoms with Gasteiger partial charge < -0.3 is 9.84 Å². The SMILES string of the molecule is CC(C)CC[C@@H]1CCCC[C@@H]1OCCO. The Labute approximate surface area is 94.0 Å². The molecule has 90 valence electrons. The molecule has 0 heterocycles. The number of ether oxygens (including phenoxy) is 1. The van der Waals surface area contributed by atoms with Crippen LogP contribution in [0.4, 0.5) is 0 Å². The minimum Gasteiger partial charge on any atom is -0.394 e. The summed E-state index contributed by atoms with van der Waals surface area (Å²) in [6.45, 7) is 5.25. The first-order chi connectivity index (χ1) is 7.24. The molecule has 0 spiro atoms. The van der Waals surface area contributed by atoms with Gasteiger partial charge in [0, 0.05) is 0 Å². The van der Waals surface area contributed by atoms with Gasteiger partial charge in [0.15, 0.2) is 0 Å². The third-order valence-electron chi connectivity index (χ3n) is 3.38. The van der Waals surface area contributed by atoms with Crippen molar-refractivity contribution in [3.8, 4) is 0 Å². The van der Waals surface area contributed by atoms with Crippen molar-refractivity contribution in [1.29, 1.82) is 0 Å². The van der Waals surface area contributed by atoms with Crippen LogP contribution < -0.4 is 0 Å². The van der Waals surface area contributed by atoms with Gasteiger partial charge in [-0.1, -0.05) is 33.1 Å². The molecule has 1 fully saturated rings. The van der Waals surface area contributed by atoms with E-state index in [4.69, 9.17) is 9.84 Å². The molecule has 0 aromatic rings. The molecule has 1 aliphatic rings. The topological polar surface area (TPSA) is 29.5 Å². The highest BCUT2D eigenvalue weighted by Gasteiger charge is 2.25. The maximum Gasteiger partial charge on any atom is 0.0701 e. The van der Waals surface area contributed by atoms with Gasteiger partial charge >= 0.3 is 0 Å². The van der Waals surface area contributed by atoms with Crippen molar-refractivity contribution in [2.75, 3.05) is 13.2 Å². The van der Waals surface area contributed by atoms with Crippen molar-refractivity contribution in [1.82, 2.24) is 0 Å². The second-order valence-electron chi connectivity index (χ2n) is 5.15. The summed E-state index contributed by atoms with van der Waals surface area (Å²) in [5.74, 6) is 1.54. The fourth-order valence-corrected chi connectivity index (χ4v) is 2.47. The maximum atomic E-state index is 8.78. The first kappa shape index (κ1) is 13.0. The van der Waals surface area contributed by atoms with Crippen LogP contribution in [-0.2, 0) is 4.74 Å². The lowest BCUT2D eigenvalue weighted by molar-refractivity contribution is -0.0283. The molecule has 1 N–H and O–H groups in total. The van der Waals surface area contributed by atoms with Gasteiger partial charge in [0.1, 0.15) is 0 Å². The monoisotopic (exact) mass is 214 g/mol. The van der Waals surface area contributed by atoms with E-state index in [0.29, 0.717) is 12.7 Å². The van der Waals surface area contributed by atoms with Crippen molar-refractivity contribution in [3.05, 3.63) is 0 Å².